The fraction of sp³-hybridized carbons (Fsp3) is 0.462. The normalized spacial score (nSPS) is 11.3. The van der Waals surface area contributed by atoms with E-state index < -0.39 is 0 Å². The van der Waals surface area contributed by atoms with Crippen LogP contribution in [0.2, 0.25) is 5.02 Å². The van der Waals surface area contributed by atoms with Gasteiger partial charge in [-0.25, -0.2) is 0 Å². The summed E-state index contributed by atoms with van der Waals surface area (Å²) in [5, 5.41) is 3.55. The van der Waals surface area contributed by atoms with Crippen molar-refractivity contribution in [3.63, 3.8) is 0 Å². The number of nitrogens with one attached hydrogen (secondary N) is 1. The summed E-state index contributed by atoms with van der Waals surface area (Å²) < 4.78 is -0.0264. The summed E-state index contributed by atoms with van der Waals surface area (Å²) in [5.41, 5.74) is 1.22. The van der Waals surface area contributed by atoms with Crippen LogP contribution >= 0.6 is 35.0 Å². The predicted molar refractivity (Wildman–Crippen MR) is 80.6 cm³/mol. The highest BCUT2D eigenvalue weighted by molar-refractivity contribution is 7.99. The molecule has 18 heavy (non-hydrogen) atoms. The molecule has 0 heterocycles. The zero-order valence-electron chi connectivity index (χ0n) is 10.5. The van der Waals surface area contributed by atoms with Crippen LogP contribution in [0.25, 0.3) is 0 Å². The molecule has 0 bridgehead atoms. The molecule has 0 atom stereocenters. The molecule has 5 heteroatoms. The van der Waals surface area contributed by atoms with Gasteiger partial charge in [-0.2, -0.15) is 0 Å². The van der Waals surface area contributed by atoms with Gasteiger partial charge in [0.05, 0.1) is 0 Å². The quantitative estimate of drug-likeness (QED) is 0.812. The van der Waals surface area contributed by atoms with Crippen LogP contribution in [-0.4, -0.2) is 23.1 Å². The Morgan fingerprint density at radius 3 is 2.50 bits per heavy atom. The van der Waals surface area contributed by atoms with Crippen LogP contribution in [0, 0.1) is 0 Å². The average molecular weight is 306 g/mol. The first-order valence-corrected chi connectivity index (χ1v) is 7.54. The maximum absolute atomic E-state index is 11.1. The number of benzene rings is 1. The smallest absolute Gasteiger partial charge is 0.234 e. The maximum atomic E-state index is 11.1. The lowest BCUT2D eigenvalue weighted by atomic mass is 10.2. The Morgan fingerprint density at radius 1 is 1.33 bits per heavy atom. The van der Waals surface area contributed by atoms with E-state index in [1.54, 1.807) is 11.8 Å². The fourth-order valence-electron chi connectivity index (χ4n) is 1.27. The molecule has 0 saturated carbocycles. The van der Waals surface area contributed by atoms with Gasteiger partial charge in [-0.05, 0) is 31.5 Å². The summed E-state index contributed by atoms with van der Waals surface area (Å²) in [4.78, 5) is 11.1. The number of hydrogen-bond donors (Lipinski definition) is 1. The van der Waals surface area contributed by atoms with E-state index in [9.17, 15) is 4.79 Å². The molecule has 0 radical (unpaired) electrons. The SMILES string of the molecule is CC(C)(CNC(=O)CCl)SCc1ccc(Cl)cc1. The Bertz CT molecular complexity index is 392. The molecular weight excluding hydrogens is 289 g/mol. The van der Waals surface area contributed by atoms with Crippen LogP contribution < -0.4 is 5.32 Å². The first-order chi connectivity index (χ1) is 8.43. The number of carbonyl (C=O) groups excluding carboxylic acids is 1. The summed E-state index contributed by atoms with van der Waals surface area (Å²) in [6.07, 6.45) is 0. The van der Waals surface area contributed by atoms with E-state index >= 15 is 0 Å². The average Bonchev–Trinajstić information content (AvgIpc) is 2.35. The number of amides is 1. The first kappa shape index (κ1) is 15.7. The fourth-order valence-corrected chi connectivity index (χ4v) is 2.41. The molecule has 0 saturated heterocycles. The van der Waals surface area contributed by atoms with Crippen LogP contribution in [0.4, 0.5) is 0 Å². The third kappa shape index (κ3) is 5.98. The predicted octanol–water partition coefficient (Wildman–Crippen LogP) is 3.71. The van der Waals surface area contributed by atoms with Gasteiger partial charge in [0.1, 0.15) is 5.88 Å². The lowest BCUT2D eigenvalue weighted by molar-refractivity contribution is -0.118. The van der Waals surface area contributed by atoms with Crippen molar-refractivity contribution in [2.75, 3.05) is 12.4 Å². The molecule has 0 unspecified atom stereocenters. The topological polar surface area (TPSA) is 29.1 Å². The zero-order valence-corrected chi connectivity index (χ0v) is 12.8. The minimum atomic E-state index is -0.128. The number of hydrogen-bond acceptors (Lipinski definition) is 2. The molecule has 1 rings (SSSR count). The third-order valence-electron chi connectivity index (χ3n) is 2.38. The molecule has 0 aromatic heterocycles. The maximum Gasteiger partial charge on any atom is 0.234 e. The monoisotopic (exact) mass is 305 g/mol. The molecule has 2 nitrogen and oxygen atoms in total. The number of carbonyl (C=O) groups is 1. The highest BCUT2D eigenvalue weighted by Crippen LogP contribution is 2.27. The molecule has 0 spiro atoms. The van der Waals surface area contributed by atoms with E-state index in [-0.39, 0.29) is 16.5 Å². The summed E-state index contributed by atoms with van der Waals surface area (Å²) in [6.45, 7) is 4.81. The standard InChI is InChI=1S/C13H17Cl2NOS/c1-13(2,9-16-12(17)7-14)18-8-10-3-5-11(15)6-4-10/h3-6H,7-9H2,1-2H3,(H,16,17). The minimum absolute atomic E-state index is 0.0118. The van der Waals surface area contributed by atoms with E-state index in [0.717, 1.165) is 10.8 Å². The van der Waals surface area contributed by atoms with Crippen molar-refractivity contribution in [2.45, 2.75) is 24.3 Å². The second-order valence-corrected chi connectivity index (χ2v) is 6.97. The third-order valence-corrected chi connectivity index (χ3v) is 4.27. The van der Waals surface area contributed by atoms with Crippen molar-refractivity contribution < 1.29 is 4.79 Å². The Kier molecular flexibility index (Phi) is 6.33. The van der Waals surface area contributed by atoms with E-state index in [0.29, 0.717) is 6.54 Å². The molecule has 0 aliphatic rings. The van der Waals surface area contributed by atoms with Crippen molar-refractivity contribution in [2.24, 2.45) is 0 Å². The van der Waals surface area contributed by atoms with Crippen LogP contribution in [0.3, 0.4) is 0 Å². The highest BCUT2D eigenvalue weighted by Gasteiger charge is 2.19. The molecule has 1 amide bonds. The van der Waals surface area contributed by atoms with Crippen molar-refractivity contribution in [1.82, 2.24) is 5.32 Å². The van der Waals surface area contributed by atoms with Crippen molar-refractivity contribution in [3.8, 4) is 0 Å². The second kappa shape index (κ2) is 7.27. The van der Waals surface area contributed by atoms with E-state index in [1.807, 2.05) is 24.3 Å². The minimum Gasteiger partial charge on any atom is -0.354 e. The molecule has 0 fully saturated rings. The summed E-state index contributed by atoms with van der Waals surface area (Å²) >= 11 is 13.1. The van der Waals surface area contributed by atoms with E-state index in [4.69, 9.17) is 23.2 Å². The van der Waals surface area contributed by atoms with Crippen molar-refractivity contribution >= 4 is 40.9 Å². The molecule has 0 aliphatic carbocycles. The van der Waals surface area contributed by atoms with Crippen molar-refractivity contribution in [3.05, 3.63) is 34.9 Å². The number of thioether (sulfide) groups is 1. The highest BCUT2D eigenvalue weighted by atomic mass is 35.5. The summed E-state index contributed by atoms with van der Waals surface area (Å²) in [5.74, 6) is 0.774. The lowest BCUT2D eigenvalue weighted by Gasteiger charge is -2.24. The molecule has 1 aromatic carbocycles. The van der Waals surface area contributed by atoms with Crippen LogP contribution in [0.5, 0.6) is 0 Å². The van der Waals surface area contributed by atoms with Crippen LogP contribution in [0.15, 0.2) is 24.3 Å². The van der Waals surface area contributed by atoms with Gasteiger partial charge < -0.3 is 5.32 Å². The molecule has 1 aromatic rings. The van der Waals surface area contributed by atoms with Crippen molar-refractivity contribution in [1.29, 1.82) is 0 Å². The zero-order chi connectivity index (χ0) is 13.6. The number of halogens is 2. The van der Waals surface area contributed by atoms with Gasteiger partial charge in [-0.3, -0.25) is 4.79 Å². The lowest BCUT2D eigenvalue weighted by Crippen LogP contribution is -2.36. The Morgan fingerprint density at radius 2 is 1.94 bits per heavy atom. The first-order valence-electron chi connectivity index (χ1n) is 5.64. The molecule has 0 aliphatic heterocycles. The second-order valence-electron chi connectivity index (χ2n) is 4.59. The largest absolute Gasteiger partial charge is 0.354 e. The van der Waals surface area contributed by atoms with Crippen LogP contribution in [-0.2, 0) is 10.5 Å². The van der Waals surface area contributed by atoms with E-state index in [2.05, 4.69) is 19.2 Å². The van der Waals surface area contributed by atoms with Gasteiger partial charge in [0.15, 0.2) is 0 Å². The molecular formula is C13H17Cl2NOS. The van der Waals surface area contributed by atoms with Gasteiger partial charge in [-0.1, -0.05) is 23.7 Å². The van der Waals surface area contributed by atoms with Crippen LogP contribution in [0.1, 0.15) is 19.4 Å². The molecule has 1 N–H and O–H groups in total. The Labute approximate surface area is 122 Å². The van der Waals surface area contributed by atoms with Gasteiger partial charge in [0.2, 0.25) is 5.91 Å². The Balaban J connectivity index is 2.41. The van der Waals surface area contributed by atoms with Gasteiger partial charge in [-0.15, -0.1) is 23.4 Å². The Hall–Kier alpha value is -0.380. The number of alkyl halides is 1. The number of rotatable bonds is 6. The van der Waals surface area contributed by atoms with Gasteiger partial charge in [0, 0.05) is 22.1 Å². The van der Waals surface area contributed by atoms with E-state index in [1.165, 1.54) is 5.56 Å². The van der Waals surface area contributed by atoms with Gasteiger partial charge in [0.25, 0.3) is 0 Å². The van der Waals surface area contributed by atoms with Gasteiger partial charge >= 0.3 is 0 Å². The summed E-state index contributed by atoms with van der Waals surface area (Å²) in [6, 6.07) is 7.81. The summed E-state index contributed by atoms with van der Waals surface area (Å²) in [7, 11) is 0. The molecule has 100 valence electrons.